The van der Waals surface area contributed by atoms with E-state index in [0.717, 1.165) is 62.9 Å². The Balaban J connectivity index is 1.51. The summed E-state index contributed by atoms with van der Waals surface area (Å²) in [6.07, 6.45) is 6.62. The minimum Gasteiger partial charge on any atom is -0.381 e. The Hall–Kier alpha value is -2.62. The third-order valence-electron chi connectivity index (χ3n) is 6.95. The van der Waals surface area contributed by atoms with Crippen LogP contribution < -0.4 is 16.4 Å². The lowest BCUT2D eigenvalue weighted by Crippen LogP contribution is -2.29. The van der Waals surface area contributed by atoms with E-state index in [9.17, 15) is 4.79 Å². The smallest absolute Gasteiger partial charge is 0.224 e. The van der Waals surface area contributed by atoms with E-state index in [1.165, 1.54) is 0 Å². The zero-order valence-corrected chi connectivity index (χ0v) is 21.1. The molecule has 3 aromatic rings. The number of imidazole rings is 1. The Morgan fingerprint density at radius 1 is 1.09 bits per heavy atom. The number of halogens is 2. The number of nitrogens with zero attached hydrogens (tertiary/aromatic N) is 4. The number of primary amides is 1. The minimum atomic E-state index is -0.233. The van der Waals surface area contributed by atoms with Crippen molar-refractivity contribution in [2.24, 2.45) is 11.7 Å². The Kier molecular flexibility index (Phi) is 7.00. The molecule has 9 nitrogen and oxygen atoms in total. The first-order chi connectivity index (χ1) is 16.9. The summed E-state index contributed by atoms with van der Waals surface area (Å²) >= 11 is 12.9. The molecular formula is C24H29Cl2N7O2. The molecule has 1 aliphatic heterocycles. The van der Waals surface area contributed by atoms with Crippen LogP contribution in [0.2, 0.25) is 10.0 Å². The van der Waals surface area contributed by atoms with E-state index in [1.54, 1.807) is 12.3 Å². The molecule has 1 saturated heterocycles. The second-order valence-corrected chi connectivity index (χ2v) is 10.2. The molecule has 186 valence electrons. The number of nitrogens with one attached hydrogen (secondary N) is 2. The van der Waals surface area contributed by atoms with Gasteiger partial charge in [-0.25, -0.2) is 9.97 Å². The maximum Gasteiger partial charge on any atom is 0.224 e. The first-order valence-corrected chi connectivity index (χ1v) is 12.8. The number of anilines is 3. The van der Waals surface area contributed by atoms with Crippen LogP contribution in [-0.2, 0) is 9.53 Å². The van der Waals surface area contributed by atoms with Crippen LogP contribution in [-0.4, -0.2) is 44.7 Å². The summed E-state index contributed by atoms with van der Waals surface area (Å²) < 4.78 is 7.57. The first kappa shape index (κ1) is 24.1. The molecule has 0 spiro atoms. The van der Waals surface area contributed by atoms with Crippen LogP contribution in [0.3, 0.4) is 0 Å². The number of hydrogen-bond acceptors (Lipinski definition) is 7. The Morgan fingerprint density at radius 3 is 2.54 bits per heavy atom. The number of hydrogen-bond donors (Lipinski definition) is 3. The SMILES string of the molecule is Cc1cc(Cl)c(Nc2nc3cnc(NC4CCOCC4)nc3n2[C@H]2CC[C@H](C(N)=O)CC2)cc1Cl. The highest BCUT2D eigenvalue weighted by atomic mass is 35.5. The van der Waals surface area contributed by atoms with Crippen molar-refractivity contribution in [2.75, 3.05) is 23.8 Å². The Bertz CT molecular complexity index is 1230. The second kappa shape index (κ2) is 10.2. The highest BCUT2D eigenvalue weighted by Crippen LogP contribution is 2.38. The lowest BCUT2D eigenvalue weighted by molar-refractivity contribution is -0.122. The van der Waals surface area contributed by atoms with E-state index in [4.69, 9.17) is 43.6 Å². The van der Waals surface area contributed by atoms with Crippen molar-refractivity contribution in [1.82, 2.24) is 19.5 Å². The minimum absolute atomic E-state index is 0.0943. The fourth-order valence-electron chi connectivity index (χ4n) is 4.90. The number of benzene rings is 1. The first-order valence-electron chi connectivity index (χ1n) is 12.0. The van der Waals surface area contributed by atoms with Crippen molar-refractivity contribution < 1.29 is 9.53 Å². The van der Waals surface area contributed by atoms with E-state index in [-0.39, 0.29) is 23.9 Å². The Labute approximate surface area is 213 Å². The molecule has 0 unspecified atom stereocenters. The Morgan fingerprint density at radius 2 is 1.83 bits per heavy atom. The third-order valence-corrected chi connectivity index (χ3v) is 7.67. The topological polar surface area (TPSA) is 120 Å². The molecule has 2 aromatic heterocycles. The van der Waals surface area contributed by atoms with Gasteiger partial charge in [-0.05, 0) is 63.1 Å². The molecule has 2 aliphatic rings. The van der Waals surface area contributed by atoms with Gasteiger partial charge in [-0.15, -0.1) is 0 Å². The van der Waals surface area contributed by atoms with E-state index in [2.05, 4.69) is 20.2 Å². The number of carbonyl (C=O) groups is 1. The van der Waals surface area contributed by atoms with Crippen molar-refractivity contribution in [3.05, 3.63) is 33.9 Å². The number of aromatic nitrogens is 4. The summed E-state index contributed by atoms with van der Waals surface area (Å²) in [6, 6.07) is 4.00. The maximum absolute atomic E-state index is 11.7. The quantitative estimate of drug-likeness (QED) is 0.420. The number of carbonyl (C=O) groups excluding carboxylic acids is 1. The van der Waals surface area contributed by atoms with Gasteiger partial charge in [0.15, 0.2) is 5.65 Å². The lowest BCUT2D eigenvalue weighted by atomic mass is 9.85. The van der Waals surface area contributed by atoms with Crippen LogP contribution in [0, 0.1) is 12.8 Å². The molecule has 0 bridgehead atoms. The number of aryl methyl sites for hydroxylation is 1. The fraction of sp³-hybridized carbons (Fsp3) is 0.500. The summed E-state index contributed by atoms with van der Waals surface area (Å²) in [4.78, 5) is 25.9. The van der Waals surface area contributed by atoms with Crippen molar-refractivity contribution in [2.45, 2.75) is 57.5 Å². The molecule has 1 aliphatic carbocycles. The highest BCUT2D eigenvalue weighted by molar-refractivity contribution is 6.35. The van der Waals surface area contributed by atoms with Gasteiger partial charge in [0.1, 0.15) is 5.52 Å². The van der Waals surface area contributed by atoms with Gasteiger partial charge >= 0.3 is 0 Å². The highest BCUT2D eigenvalue weighted by Gasteiger charge is 2.29. The molecule has 3 heterocycles. The second-order valence-electron chi connectivity index (χ2n) is 9.35. The summed E-state index contributed by atoms with van der Waals surface area (Å²) in [5.41, 5.74) is 8.54. The maximum atomic E-state index is 11.7. The molecular weight excluding hydrogens is 489 g/mol. The van der Waals surface area contributed by atoms with E-state index in [0.29, 0.717) is 33.1 Å². The van der Waals surface area contributed by atoms with Crippen LogP contribution in [0.15, 0.2) is 18.3 Å². The molecule has 0 radical (unpaired) electrons. The van der Waals surface area contributed by atoms with Crippen LogP contribution in [0.4, 0.5) is 17.6 Å². The zero-order valence-electron chi connectivity index (χ0n) is 19.6. The van der Waals surface area contributed by atoms with E-state index < -0.39 is 0 Å². The third kappa shape index (κ3) is 5.17. The lowest BCUT2D eigenvalue weighted by Gasteiger charge is -2.29. The van der Waals surface area contributed by atoms with Gasteiger partial charge in [0.2, 0.25) is 17.8 Å². The van der Waals surface area contributed by atoms with Gasteiger partial charge in [0.05, 0.1) is 16.9 Å². The molecule has 4 N–H and O–H groups in total. The van der Waals surface area contributed by atoms with Crippen LogP contribution in [0.5, 0.6) is 0 Å². The predicted molar refractivity (Wildman–Crippen MR) is 137 cm³/mol. The summed E-state index contributed by atoms with van der Waals surface area (Å²) in [5.74, 6) is 0.855. The molecule has 2 fully saturated rings. The predicted octanol–water partition coefficient (Wildman–Crippen LogP) is 4.99. The van der Waals surface area contributed by atoms with Crippen LogP contribution in [0.25, 0.3) is 11.2 Å². The number of fused-ring (bicyclic) bond motifs is 1. The largest absolute Gasteiger partial charge is 0.381 e. The van der Waals surface area contributed by atoms with Gasteiger partial charge in [-0.1, -0.05) is 23.2 Å². The van der Waals surface area contributed by atoms with Crippen molar-refractivity contribution >= 4 is 57.9 Å². The standard InChI is InChI=1S/C24H29Cl2N7O2/c1-13-10-18(26)19(11-17(13)25)30-24-31-20-12-28-23(29-15-6-8-35-9-7-15)32-22(20)33(24)16-4-2-14(3-5-16)21(27)34/h10-12,14-16H,2-9H2,1H3,(H2,27,34)(H,30,31)(H,28,29,32)/t14-,16-. The molecule has 11 heteroatoms. The van der Waals surface area contributed by atoms with Crippen LogP contribution >= 0.6 is 23.2 Å². The molecule has 0 atom stereocenters. The molecule has 35 heavy (non-hydrogen) atoms. The summed E-state index contributed by atoms with van der Waals surface area (Å²) in [7, 11) is 0. The van der Waals surface area contributed by atoms with E-state index in [1.807, 2.05) is 13.0 Å². The average Bonchev–Trinajstić information content (AvgIpc) is 3.20. The van der Waals surface area contributed by atoms with Crippen LogP contribution in [0.1, 0.15) is 50.1 Å². The zero-order chi connectivity index (χ0) is 24.5. The van der Waals surface area contributed by atoms with Crippen molar-refractivity contribution in [3.63, 3.8) is 0 Å². The molecule has 1 aromatic carbocycles. The fourth-order valence-corrected chi connectivity index (χ4v) is 5.33. The van der Waals surface area contributed by atoms with Gasteiger partial charge in [-0.3, -0.25) is 9.36 Å². The van der Waals surface area contributed by atoms with Gasteiger partial charge in [-0.2, -0.15) is 4.98 Å². The number of nitrogens with two attached hydrogens (primary N) is 1. The van der Waals surface area contributed by atoms with E-state index >= 15 is 0 Å². The summed E-state index contributed by atoms with van der Waals surface area (Å²) in [5, 5.41) is 7.98. The molecule has 1 amide bonds. The number of rotatable bonds is 6. The van der Waals surface area contributed by atoms with Gasteiger partial charge < -0.3 is 21.1 Å². The molecule has 5 rings (SSSR count). The van der Waals surface area contributed by atoms with Gasteiger partial charge in [0.25, 0.3) is 0 Å². The van der Waals surface area contributed by atoms with Gasteiger partial charge in [0, 0.05) is 36.2 Å². The average molecular weight is 518 g/mol. The van der Waals surface area contributed by atoms with Crippen molar-refractivity contribution in [1.29, 1.82) is 0 Å². The normalized spacial score (nSPS) is 21.2. The molecule has 1 saturated carbocycles. The monoisotopic (exact) mass is 517 g/mol. The number of ether oxygens (including phenoxy) is 1. The number of amides is 1. The summed E-state index contributed by atoms with van der Waals surface area (Å²) in [6.45, 7) is 3.37. The van der Waals surface area contributed by atoms with Crippen molar-refractivity contribution in [3.8, 4) is 0 Å².